The second-order valence-corrected chi connectivity index (χ2v) is 2.80. The zero-order chi connectivity index (χ0) is 9.68. The third-order valence-corrected chi connectivity index (χ3v) is 1.66. The maximum atomic E-state index is 11.2. The summed E-state index contributed by atoms with van der Waals surface area (Å²) in [4.78, 5) is 11.2. The van der Waals surface area contributed by atoms with Crippen molar-refractivity contribution in [1.82, 2.24) is 5.43 Å². The Bertz CT molecular complexity index is 355. The van der Waals surface area contributed by atoms with Gasteiger partial charge in [-0.05, 0) is 19.1 Å². The summed E-state index contributed by atoms with van der Waals surface area (Å²) in [7, 11) is 0. The highest BCUT2D eigenvalue weighted by Crippen LogP contribution is 2.02. The van der Waals surface area contributed by atoms with E-state index in [2.05, 4.69) is 9.90 Å². The standard InChI is InChI=1S/C8H8N2O2S/c1-6-2-4-7(5-3-6)8(11)9-10-13-12/h2-5H,1H3,(H,9,11). The number of hydrogen-bond acceptors (Lipinski definition) is 3. The summed E-state index contributed by atoms with van der Waals surface area (Å²) in [6.07, 6.45) is 0. The Hall–Kier alpha value is -1.49. The Kier molecular flexibility index (Phi) is 3.33. The van der Waals surface area contributed by atoms with Crippen molar-refractivity contribution in [3.8, 4) is 0 Å². The molecule has 13 heavy (non-hydrogen) atoms. The molecule has 0 spiro atoms. The van der Waals surface area contributed by atoms with Gasteiger partial charge in [-0.2, -0.15) is 4.21 Å². The van der Waals surface area contributed by atoms with Crippen molar-refractivity contribution >= 4 is 17.4 Å². The van der Waals surface area contributed by atoms with Gasteiger partial charge in [-0.25, -0.2) is 5.43 Å². The summed E-state index contributed by atoms with van der Waals surface area (Å²) in [5, 5.41) is 0. The number of benzene rings is 1. The van der Waals surface area contributed by atoms with Crippen LogP contribution in [0.25, 0.3) is 0 Å². The summed E-state index contributed by atoms with van der Waals surface area (Å²) in [6, 6.07) is 6.99. The molecule has 0 aromatic heterocycles. The molecule has 1 rings (SSSR count). The van der Waals surface area contributed by atoms with E-state index >= 15 is 0 Å². The number of nitrogens with one attached hydrogen (secondary N) is 1. The van der Waals surface area contributed by atoms with E-state index in [1.165, 1.54) is 0 Å². The van der Waals surface area contributed by atoms with Crippen molar-refractivity contribution in [2.75, 3.05) is 0 Å². The average Bonchev–Trinajstić information content (AvgIpc) is 2.15. The van der Waals surface area contributed by atoms with Gasteiger partial charge >= 0.3 is 0 Å². The molecule has 1 aromatic carbocycles. The van der Waals surface area contributed by atoms with E-state index in [0.29, 0.717) is 5.56 Å². The van der Waals surface area contributed by atoms with Gasteiger partial charge in [-0.15, -0.1) is 0 Å². The van der Waals surface area contributed by atoms with Crippen LogP contribution in [0.5, 0.6) is 0 Å². The topological polar surface area (TPSA) is 58.5 Å². The summed E-state index contributed by atoms with van der Waals surface area (Å²) in [5.41, 5.74) is 3.67. The first-order chi connectivity index (χ1) is 6.24. The lowest BCUT2D eigenvalue weighted by Gasteiger charge is -1.97. The third-order valence-electron chi connectivity index (χ3n) is 1.50. The highest BCUT2D eigenvalue weighted by atomic mass is 32.1. The molecule has 0 aliphatic heterocycles. The quantitative estimate of drug-likeness (QED) is 0.718. The second-order valence-electron chi connectivity index (χ2n) is 2.47. The van der Waals surface area contributed by atoms with Gasteiger partial charge in [-0.1, -0.05) is 22.2 Å². The predicted octanol–water partition coefficient (Wildman–Crippen LogP) is 1.04. The number of carbonyl (C=O) groups is 1. The highest BCUT2D eigenvalue weighted by molar-refractivity contribution is 7.54. The van der Waals surface area contributed by atoms with Gasteiger partial charge in [-0.3, -0.25) is 4.79 Å². The molecule has 0 bridgehead atoms. The second kappa shape index (κ2) is 4.51. The molecule has 0 aliphatic carbocycles. The summed E-state index contributed by atoms with van der Waals surface area (Å²) < 4.78 is 13.0. The minimum absolute atomic E-state index is 0.0292. The van der Waals surface area contributed by atoms with Crippen molar-refractivity contribution in [1.29, 1.82) is 0 Å². The molecule has 1 N–H and O–H groups in total. The van der Waals surface area contributed by atoms with Crippen LogP contribution in [-0.2, 0) is 11.5 Å². The fourth-order valence-corrected chi connectivity index (χ4v) is 0.950. The smallest absolute Gasteiger partial charge is 0.267 e. The van der Waals surface area contributed by atoms with Crippen LogP contribution in [0.3, 0.4) is 0 Å². The van der Waals surface area contributed by atoms with Crippen LogP contribution in [0.1, 0.15) is 15.9 Å². The normalized spacial score (nSPS) is 9.00. The van der Waals surface area contributed by atoms with Gasteiger partial charge in [0, 0.05) is 5.56 Å². The molecule has 0 heterocycles. The Morgan fingerprint density at radius 1 is 1.38 bits per heavy atom. The molecule has 4 nitrogen and oxygen atoms in total. The molecular formula is C8H8N2O2S. The van der Waals surface area contributed by atoms with Gasteiger partial charge in [0.15, 0.2) is 0 Å². The molecule has 68 valence electrons. The molecule has 0 radical (unpaired) electrons. The molecule has 0 fully saturated rings. The highest BCUT2D eigenvalue weighted by Gasteiger charge is 2.02. The molecule has 0 atom stereocenters. The molecule has 5 heteroatoms. The van der Waals surface area contributed by atoms with Crippen LogP contribution >= 0.6 is 0 Å². The molecule has 0 unspecified atom stereocenters. The number of hydrogen-bond donors (Lipinski definition) is 1. The lowest BCUT2D eigenvalue weighted by molar-refractivity contribution is 0.0956. The summed E-state index contributed by atoms with van der Waals surface area (Å²) in [6.45, 7) is 1.93. The van der Waals surface area contributed by atoms with E-state index in [-0.39, 0.29) is 17.4 Å². The van der Waals surface area contributed by atoms with E-state index in [1.807, 2.05) is 19.1 Å². The first-order valence-corrected chi connectivity index (χ1v) is 4.30. The lowest BCUT2D eigenvalue weighted by atomic mass is 10.1. The van der Waals surface area contributed by atoms with Gasteiger partial charge in [0.1, 0.15) is 0 Å². The fraction of sp³-hybridized carbons (Fsp3) is 0.125. The van der Waals surface area contributed by atoms with Crippen LogP contribution in [0.15, 0.2) is 28.7 Å². The van der Waals surface area contributed by atoms with Gasteiger partial charge < -0.3 is 0 Å². The zero-order valence-electron chi connectivity index (χ0n) is 6.98. The Labute approximate surface area is 79.2 Å². The van der Waals surface area contributed by atoms with Crippen LogP contribution < -0.4 is 5.43 Å². The van der Waals surface area contributed by atoms with Crippen LogP contribution in [0.4, 0.5) is 0 Å². The maximum absolute atomic E-state index is 11.2. The van der Waals surface area contributed by atoms with E-state index < -0.39 is 0 Å². The monoisotopic (exact) mass is 196 g/mol. The molecule has 1 amide bonds. The van der Waals surface area contributed by atoms with Crippen LogP contribution in [0.2, 0.25) is 0 Å². The molecular weight excluding hydrogens is 188 g/mol. The molecule has 0 aliphatic rings. The first-order valence-electron chi connectivity index (χ1n) is 3.60. The number of rotatable bonds is 2. The summed E-state index contributed by atoms with van der Waals surface area (Å²) in [5.74, 6) is -0.372. The largest absolute Gasteiger partial charge is 0.272 e. The minimum Gasteiger partial charge on any atom is -0.267 e. The van der Waals surface area contributed by atoms with E-state index in [4.69, 9.17) is 0 Å². The van der Waals surface area contributed by atoms with E-state index in [0.717, 1.165) is 5.56 Å². The van der Waals surface area contributed by atoms with E-state index in [9.17, 15) is 9.00 Å². The Morgan fingerprint density at radius 3 is 2.54 bits per heavy atom. The summed E-state index contributed by atoms with van der Waals surface area (Å²) >= 11 is -0.0292. The lowest BCUT2D eigenvalue weighted by Crippen LogP contribution is -2.16. The Morgan fingerprint density at radius 2 is 2.00 bits per heavy atom. The fourth-order valence-electron chi connectivity index (χ4n) is 0.830. The van der Waals surface area contributed by atoms with Crippen LogP contribution in [-0.4, -0.2) is 10.1 Å². The number of carbonyl (C=O) groups excluding carboxylic acids is 1. The SMILES string of the molecule is Cc1ccc(C(=O)NN=S=O)cc1. The van der Waals surface area contributed by atoms with Gasteiger partial charge in [0.2, 0.25) is 11.5 Å². The average molecular weight is 196 g/mol. The zero-order valence-corrected chi connectivity index (χ0v) is 7.80. The minimum atomic E-state index is -0.372. The van der Waals surface area contributed by atoms with Crippen molar-refractivity contribution < 1.29 is 9.00 Å². The number of nitrogens with zero attached hydrogens (tertiary/aromatic N) is 1. The number of aryl methyl sites for hydroxylation is 1. The first kappa shape index (κ1) is 9.60. The van der Waals surface area contributed by atoms with Crippen molar-refractivity contribution in [2.45, 2.75) is 6.92 Å². The Balaban J connectivity index is 2.77. The maximum Gasteiger partial charge on any atom is 0.272 e. The number of amides is 1. The van der Waals surface area contributed by atoms with Crippen molar-refractivity contribution in [2.24, 2.45) is 4.47 Å². The molecule has 0 saturated carbocycles. The van der Waals surface area contributed by atoms with Crippen LogP contribution in [0, 0.1) is 6.92 Å². The van der Waals surface area contributed by atoms with Gasteiger partial charge in [0.25, 0.3) is 5.91 Å². The molecule has 1 aromatic rings. The van der Waals surface area contributed by atoms with Crippen molar-refractivity contribution in [3.63, 3.8) is 0 Å². The predicted molar refractivity (Wildman–Crippen MR) is 49.2 cm³/mol. The third kappa shape index (κ3) is 2.79. The van der Waals surface area contributed by atoms with Gasteiger partial charge in [0.05, 0.1) is 0 Å². The molecule has 0 saturated heterocycles. The van der Waals surface area contributed by atoms with Crippen molar-refractivity contribution in [3.05, 3.63) is 35.4 Å². The van der Waals surface area contributed by atoms with E-state index in [1.54, 1.807) is 12.1 Å².